The fourth-order valence-corrected chi connectivity index (χ4v) is 1.95. The normalized spacial score (nSPS) is 16.1. The van der Waals surface area contributed by atoms with Crippen molar-refractivity contribution in [2.45, 2.75) is 18.8 Å². The average Bonchev–Trinajstić information content (AvgIpc) is 2.98. The van der Waals surface area contributed by atoms with E-state index >= 15 is 0 Å². The summed E-state index contributed by atoms with van der Waals surface area (Å²) in [6.45, 7) is 0. The molecule has 14 heavy (non-hydrogen) atoms. The fourth-order valence-electron chi connectivity index (χ4n) is 1.95. The number of aromatic nitrogens is 2. The molecule has 0 saturated heterocycles. The molecule has 1 fully saturated rings. The van der Waals surface area contributed by atoms with Crippen LogP contribution in [0, 0.1) is 0 Å². The first-order chi connectivity index (χ1) is 6.90. The van der Waals surface area contributed by atoms with Crippen LogP contribution in [0.4, 0.5) is 5.82 Å². The van der Waals surface area contributed by atoms with Crippen LogP contribution >= 0.6 is 0 Å². The van der Waals surface area contributed by atoms with Crippen LogP contribution < -0.4 is 5.32 Å². The third kappa shape index (κ3) is 1.02. The Morgan fingerprint density at radius 2 is 2.29 bits per heavy atom. The van der Waals surface area contributed by atoms with E-state index in [0.29, 0.717) is 0 Å². The van der Waals surface area contributed by atoms with E-state index in [4.69, 9.17) is 0 Å². The first kappa shape index (κ1) is 7.85. The molecule has 3 heteroatoms. The lowest BCUT2D eigenvalue weighted by Crippen LogP contribution is -1.95. The van der Waals surface area contributed by atoms with Gasteiger partial charge in [0, 0.05) is 19.2 Å². The van der Waals surface area contributed by atoms with Crippen molar-refractivity contribution in [2.24, 2.45) is 0 Å². The van der Waals surface area contributed by atoms with Crippen LogP contribution in [0.5, 0.6) is 0 Å². The van der Waals surface area contributed by atoms with Crippen LogP contribution in [0.25, 0.3) is 5.65 Å². The minimum atomic E-state index is 0.717. The standard InChI is InChI=1S/C11H13N3/c1-12-11-10(8-5-6-8)14-7-3-2-4-9(14)13-11/h2-4,7-8,12H,5-6H2,1H3. The van der Waals surface area contributed by atoms with E-state index in [1.165, 1.54) is 18.5 Å². The summed E-state index contributed by atoms with van der Waals surface area (Å²) < 4.78 is 2.20. The predicted octanol–water partition coefficient (Wildman–Crippen LogP) is 2.25. The Morgan fingerprint density at radius 3 is 3.00 bits per heavy atom. The van der Waals surface area contributed by atoms with Crippen molar-refractivity contribution >= 4 is 11.5 Å². The molecule has 1 saturated carbocycles. The summed E-state index contributed by atoms with van der Waals surface area (Å²) >= 11 is 0. The second-order valence-corrected chi connectivity index (χ2v) is 3.80. The Labute approximate surface area is 82.8 Å². The Bertz CT molecular complexity index is 468. The third-order valence-electron chi connectivity index (χ3n) is 2.77. The lowest BCUT2D eigenvalue weighted by atomic mass is 10.3. The summed E-state index contributed by atoms with van der Waals surface area (Å²) in [5, 5.41) is 3.17. The Balaban J connectivity index is 2.29. The van der Waals surface area contributed by atoms with Gasteiger partial charge >= 0.3 is 0 Å². The van der Waals surface area contributed by atoms with Crippen LogP contribution in [0.3, 0.4) is 0 Å². The van der Waals surface area contributed by atoms with E-state index in [-0.39, 0.29) is 0 Å². The molecule has 1 N–H and O–H groups in total. The summed E-state index contributed by atoms with van der Waals surface area (Å²) in [5.41, 5.74) is 2.39. The van der Waals surface area contributed by atoms with E-state index < -0.39 is 0 Å². The number of imidazole rings is 1. The van der Waals surface area contributed by atoms with Crippen LogP contribution in [-0.4, -0.2) is 16.4 Å². The summed E-state index contributed by atoms with van der Waals surface area (Å²) in [6.07, 6.45) is 4.70. The highest BCUT2D eigenvalue weighted by molar-refractivity contribution is 5.56. The highest BCUT2D eigenvalue weighted by Gasteiger charge is 2.29. The van der Waals surface area contributed by atoms with Crippen molar-refractivity contribution in [3.63, 3.8) is 0 Å². The number of hydrogen-bond donors (Lipinski definition) is 1. The molecule has 0 bridgehead atoms. The first-order valence-corrected chi connectivity index (χ1v) is 5.05. The van der Waals surface area contributed by atoms with Gasteiger partial charge in [-0.1, -0.05) is 6.07 Å². The largest absolute Gasteiger partial charge is 0.372 e. The summed E-state index contributed by atoms with van der Waals surface area (Å²) in [4.78, 5) is 4.54. The molecule has 0 aromatic carbocycles. The van der Waals surface area contributed by atoms with E-state index in [2.05, 4.69) is 27.0 Å². The van der Waals surface area contributed by atoms with Crippen LogP contribution in [-0.2, 0) is 0 Å². The van der Waals surface area contributed by atoms with E-state index in [9.17, 15) is 0 Å². The molecule has 1 aliphatic rings. The van der Waals surface area contributed by atoms with E-state index in [0.717, 1.165) is 17.4 Å². The molecule has 2 heterocycles. The molecule has 3 rings (SSSR count). The zero-order chi connectivity index (χ0) is 9.54. The fraction of sp³-hybridized carbons (Fsp3) is 0.364. The maximum absolute atomic E-state index is 4.54. The molecule has 0 spiro atoms. The summed E-state index contributed by atoms with van der Waals surface area (Å²) in [7, 11) is 1.94. The van der Waals surface area contributed by atoms with Crippen LogP contribution in [0.1, 0.15) is 24.5 Å². The lowest BCUT2D eigenvalue weighted by molar-refractivity contribution is 0.984. The minimum absolute atomic E-state index is 0.717. The number of rotatable bonds is 2. The molecule has 3 nitrogen and oxygen atoms in total. The Hall–Kier alpha value is -1.51. The van der Waals surface area contributed by atoms with Gasteiger partial charge in [-0.25, -0.2) is 4.98 Å². The van der Waals surface area contributed by atoms with Gasteiger partial charge in [0.1, 0.15) is 11.5 Å². The molecule has 0 amide bonds. The van der Waals surface area contributed by atoms with E-state index in [1.54, 1.807) is 0 Å². The quantitative estimate of drug-likeness (QED) is 0.781. The van der Waals surface area contributed by atoms with Crippen molar-refractivity contribution in [1.29, 1.82) is 0 Å². The van der Waals surface area contributed by atoms with Crippen molar-refractivity contribution < 1.29 is 0 Å². The molecular formula is C11H13N3. The highest BCUT2D eigenvalue weighted by Crippen LogP contribution is 2.43. The second-order valence-electron chi connectivity index (χ2n) is 3.80. The van der Waals surface area contributed by atoms with Gasteiger partial charge in [-0.3, -0.25) is 0 Å². The van der Waals surface area contributed by atoms with Crippen LogP contribution in [0.2, 0.25) is 0 Å². The maximum Gasteiger partial charge on any atom is 0.148 e. The number of pyridine rings is 1. The van der Waals surface area contributed by atoms with Crippen molar-refractivity contribution in [2.75, 3.05) is 12.4 Å². The van der Waals surface area contributed by atoms with Crippen molar-refractivity contribution in [1.82, 2.24) is 9.38 Å². The molecule has 1 aliphatic carbocycles. The molecule has 0 aliphatic heterocycles. The number of fused-ring (bicyclic) bond motifs is 1. The van der Waals surface area contributed by atoms with Gasteiger partial charge in [-0.15, -0.1) is 0 Å². The molecule has 72 valence electrons. The highest BCUT2D eigenvalue weighted by atomic mass is 15.1. The molecule has 0 radical (unpaired) electrons. The third-order valence-corrected chi connectivity index (χ3v) is 2.77. The van der Waals surface area contributed by atoms with Gasteiger partial charge in [0.15, 0.2) is 0 Å². The minimum Gasteiger partial charge on any atom is -0.372 e. The number of hydrogen-bond acceptors (Lipinski definition) is 2. The topological polar surface area (TPSA) is 29.3 Å². The molecule has 0 unspecified atom stereocenters. The van der Waals surface area contributed by atoms with Gasteiger partial charge in [0.05, 0.1) is 5.69 Å². The first-order valence-electron chi connectivity index (χ1n) is 5.05. The smallest absolute Gasteiger partial charge is 0.148 e. The SMILES string of the molecule is CNc1nc2ccccn2c1C1CC1. The molecule has 2 aromatic heterocycles. The van der Waals surface area contributed by atoms with Crippen LogP contribution in [0.15, 0.2) is 24.4 Å². The monoisotopic (exact) mass is 187 g/mol. The average molecular weight is 187 g/mol. The van der Waals surface area contributed by atoms with Crippen molar-refractivity contribution in [3.05, 3.63) is 30.1 Å². The molecular weight excluding hydrogens is 174 g/mol. The van der Waals surface area contributed by atoms with Crippen molar-refractivity contribution in [3.8, 4) is 0 Å². The second kappa shape index (κ2) is 2.74. The number of nitrogens with zero attached hydrogens (tertiary/aromatic N) is 2. The lowest BCUT2D eigenvalue weighted by Gasteiger charge is -2.01. The van der Waals surface area contributed by atoms with Gasteiger partial charge in [-0.2, -0.15) is 0 Å². The molecule has 0 atom stereocenters. The van der Waals surface area contributed by atoms with Gasteiger partial charge in [0.2, 0.25) is 0 Å². The summed E-state index contributed by atoms with van der Waals surface area (Å²) in [6, 6.07) is 6.13. The molecule has 2 aromatic rings. The summed E-state index contributed by atoms with van der Waals surface area (Å²) in [5.74, 6) is 1.76. The van der Waals surface area contributed by atoms with Gasteiger partial charge in [0.25, 0.3) is 0 Å². The zero-order valence-corrected chi connectivity index (χ0v) is 8.20. The van der Waals surface area contributed by atoms with E-state index in [1.807, 2.05) is 19.2 Å². The zero-order valence-electron chi connectivity index (χ0n) is 8.20. The Kier molecular flexibility index (Phi) is 1.54. The predicted molar refractivity (Wildman–Crippen MR) is 56.7 cm³/mol. The maximum atomic E-state index is 4.54. The number of nitrogens with one attached hydrogen (secondary N) is 1. The van der Waals surface area contributed by atoms with Gasteiger partial charge < -0.3 is 9.72 Å². The number of anilines is 1. The van der Waals surface area contributed by atoms with Gasteiger partial charge in [-0.05, 0) is 25.0 Å². The Morgan fingerprint density at radius 1 is 1.43 bits per heavy atom.